The van der Waals surface area contributed by atoms with Gasteiger partial charge in [0.15, 0.2) is 16.6 Å². The van der Waals surface area contributed by atoms with Crippen LogP contribution < -0.4 is 5.73 Å². The van der Waals surface area contributed by atoms with E-state index in [1.54, 1.807) is 18.1 Å². The molecule has 136 valence electrons. The third kappa shape index (κ3) is 4.28. The quantitative estimate of drug-likeness (QED) is 0.391. The van der Waals surface area contributed by atoms with Gasteiger partial charge in [-0.1, -0.05) is 72.4 Å². The highest BCUT2D eigenvalue weighted by atomic mass is 32.2. The number of imidazole rings is 1. The first-order chi connectivity index (χ1) is 13.3. The molecule has 4 aromatic rings. The Morgan fingerprint density at radius 2 is 1.52 bits per heavy atom. The Morgan fingerprint density at radius 3 is 2.22 bits per heavy atom. The van der Waals surface area contributed by atoms with Crippen molar-refractivity contribution in [3.63, 3.8) is 0 Å². The summed E-state index contributed by atoms with van der Waals surface area (Å²) in [6.07, 6.45) is 3.70. The van der Waals surface area contributed by atoms with Crippen LogP contribution in [0.2, 0.25) is 0 Å². The topological polar surface area (TPSA) is 69.6 Å². The van der Waals surface area contributed by atoms with Crippen LogP contribution in [0.1, 0.15) is 11.1 Å². The largest absolute Gasteiger partial charge is 0.382 e. The molecule has 0 amide bonds. The summed E-state index contributed by atoms with van der Waals surface area (Å²) in [5.41, 5.74) is 10.2. The van der Waals surface area contributed by atoms with E-state index in [0.717, 1.165) is 30.8 Å². The van der Waals surface area contributed by atoms with Crippen LogP contribution in [-0.2, 0) is 19.4 Å². The lowest BCUT2D eigenvalue weighted by Gasteiger charge is -2.06. The van der Waals surface area contributed by atoms with Crippen molar-refractivity contribution >= 4 is 28.7 Å². The highest BCUT2D eigenvalue weighted by Gasteiger charge is 2.12. The average molecular weight is 376 g/mol. The number of hydrogen-bond donors (Lipinski definition) is 1. The second-order valence-corrected chi connectivity index (χ2v) is 7.38. The fourth-order valence-corrected chi connectivity index (χ4v) is 3.81. The lowest BCUT2D eigenvalue weighted by Crippen LogP contribution is -2.03. The van der Waals surface area contributed by atoms with Gasteiger partial charge in [0.25, 0.3) is 0 Å². The molecule has 0 atom stereocenters. The third-order valence-corrected chi connectivity index (χ3v) is 5.27. The maximum absolute atomic E-state index is 6.12. The molecule has 0 bridgehead atoms. The van der Waals surface area contributed by atoms with Crippen molar-refractivity contribution in [3.05, 3.63) is 78.1 Å². The maximum Gasteiger partial charge on any atom is 0.191 e. The van der Waals surface area contributed by atoms with Gasteiger partial charge in [-0.15, -0.1) is 0 Å². The third-order valence-electron chi connectivity index (χ3n) is 4.42. The smallest absolute Gasteiger partial charge is 0.191 e. The van der Waals surface area contributed by atoms with Crippen LogP contribution in [-0.4, -0.2) is 25.3 Å². The molecule has 0 fully saturated rings. The van der Waals surface area contributed by atoms with Crippen LogP contribution in [0.15, 0.2) is 72.1 Å². The number of benzene rings is 2. The second-order valence-electron chi connectivity index (χ2n) is 6.32. The van der Waals surface area contributed by atoms with E-state index in [9.17, 15) is 0 Å². The number of nitrogen functional groups attached to an aromatic ring is 1. The van der Waals surface area contributed by atoms with Gasteiger partial charge >= 0.3 is 0 Å². The van der Waals surface area contributed by atoms with Gasteiger partial charge in [-0.05, 0) is 24.0 Å². The number of thioether (sulfide) groups is 1. The van der Waals surface area contributed by atoms with Crippen molar-refractivity contribution in [3.8, 4) is 0 Å². The van der Waals surface area contributed by atoms with Gasteiger partial charge in [0.2, 0.25) is 0 Å². The predicted molar refractivity (Wildman–Crippen MR) is 111 cm³/mol. The molecule has 2 heterocycles. The van der Waals surface area contributed by atoms with E-state index in [1.807, 2.05) is 12.1 Å². The summed E-state index contributed by atoms with van der Waals surface area (Å²) in [7, 11) is 0. The molecule has 0 aliphatic heterocycles. The van der Waals surface area contributed by atoms with Crippen molar-refractivity contribution in [1.29, 1.82) is 0 Å². The number of rotatable bonds is 7. The zero-order valence-electron chi connectivity index (χ0n) is 15.0. The summed E-state index contributed by atoms with van der Waals surface area (Å²) in [5.74, 6) is 1.35. The van der Waals surface area contributed by atoms with Gasteiger partial charge in [0, 0.05) is 12.3 Å². The first-order valence-corrected chi connectivity index (χ1v) is 9.97. The average Bonchev–Trinajstić information content (AvgIpc) is 3.12. The zero-order chi connectivity index (χ0) is 18.5. The van der Waals surface area contributed by atoms with Gasteiger partial charge in [-0.3, -0.25) is 0 Å². The minimum Gasteiger partial charge on any atom is -0.382 e. The number of hydrogen-bond acceptors (Lipinski definition) is 5. The maximum atomic E-state index is 6.12. The van der Waals surface area contributed by atoms with Crippen molar-refractivity contribution in [1.82, 2.24) is 19.5 Å². The standard InChI is InChI=1S/C21H21N5S/c22-19-18-20(26(15-23-18)13-11-16-7-3-1-4-8-16)25-21(24-19)27-14-12-17-9-5-2-6-10-17/h1-10,15H,11-14H2,(H2,22,24,25). The molecular formula is C21H21N5S. The second kappa shape index (κ2) is 8.22. The van der Waals surface area contributed by atoms with Crippen molar-refractivity contribution in [2.75, 3.05) is 11.5 Å². The Hall–Kier alpha value is -2.86. The molecule has 0 aliphatic rings. The Morgan fingerprint density at radius 1 is 0.852 bits per heavy atom. The molecule has 2 aromatic carbocycles. The van der Waals surface area contributed by atoms with Gasteiger partial charge in [0.05, 0.1) is 6.33 Å². The first kappa shape index (κ1) is 17.5. The summed E-state index contributed by atoms with van der Waals surface area (Å²) in [6, 6.07) is 20.8. The van der Waals surface area contributed by atoms with Crippen LogP contribution in [0.4, 0.5) is 5.82 Å². The van der Waals surface area contributed by atoms with Crippen LogP contribution >= 0.6 is 11.8 Å². The van der Waals surface area contributed by atoms with Gasteiger partial charge in [-0.2, -0.15) is 0 Å². The molecule has 0 spiro atoms. The van der Waals surface area contributed by atoms with Crippen LogP contribution in [0, 0.1) is 0 Å². The van der Waals surface area contributed by atoms with Crippen molar-refractivity contribution in [2.24, 2.45) is 0 Å². The Labute approximate surface area is 162 Å². The van der Waals surface area contributed by atoms with E-state index in [4.69, 9.17) is 10.7 Å². The SMILES string of the molecule is Nc1nc(SCCc2ccccc2)nc2c1ncn2CCc1ccccc1. The molecule has 27 heavy (non-hydrogen) atoms. The summed E-state index contributed by atoms with van der Waals surface area (Å²) >= 11 is 1.63. The van der Waals surface area contributed by atoms with E-state index >= 15 is 0 Å². The van der Waals surface area contributed by atoms with Gasteiger partial charge in [-0.25, -0.2) is 15.0 Å². The lowest BCUT2D eigenvalue weighted by atomic mass is 10.1. The molecule has 6 heteroatoms. The molecule has 0 unspecified atom stereocenters. The summed E-state index contributed by atoms with van der Waals surface area (Å²) in [5, 5.41) is 0.706. The monoisotopic (exact) mass is 375 g/mol. The Balaban J connectivity index is 1.47. The Bertz CT molecular complexity index is 1010. The predicted octanol–water partition coefficient (Wildman–Crippen LogP) is 3.99. The zero-order valence-corrected chi connectivity index (χ0v) is 15.8. The molecule has 5 nitrogen and oxygen atoms in total. The van der Waals surface area contributed by atoms with E-state index < -0.39 is 0 Å². The normalized spacial score (nSPS) is 11.1. The van der Waals surface area contributed by atoms with Crippen LogP contribution in [0.3, 0.4) is 0 Å². The van der Waals surface area contributed by atoms with E-state index in [2.05, 4.69) is 63.1 Å². The number of aromatic nitrogens is 4. The first-order valence-electron chi connectivity index (χ1n) is 8.98. The molecule has 0 saturated carbocycles. The molecule has 0 saturated heterocycles. The molecule has 0 aliphatic carbocycles. The minimum atomic E-state index is 0.445. The minimum absolute atomic E-state index is 0.445. The number of anilines is 1. The summed E-state index contributed by atoms with van der Waals surface area (Å²) in [4.78, 5) is 13.5. The van der Waals surface area contributed by atoms with Crippen LogP contribution in [0.5, 0.6) is 0 Å². The van der Waals surface area contributed by atoms with E-state index in [-0.39, 0.29) is 0 Å². The molecule has 2 N–H and O–H groups in total. The number of aryl methyl sites for hydroxylation is 3. The Kier molecular flexibility index (Phi) is 5.34. The van der Waals surface area contributed by atoms with Crippen LogP contribution in [0.25, 0.3) is 11.2 Å². The summed E-state index contributed by atoms with van der Waals surface area (Å²) < 4.78 is 2.06. The van der Waals surface area contributed by atoms with Gasteiger partial charge in [0.1, 0.15) is 5.52 Å². The lowest BCUT2D eigenvalue weighted by molar-refractivity contribution is 0.706. The number of nitrogens with zero attached hydrogens (tertiary/aromatic N) is 4. The fraction of sp³-hybridized carbons (Fsp3) is 0.190. The van der Waals surface area contributed by atoms with E-state index in [0.29, 0.717) is 16.5 Å². The number of fused-ring (bicyclic) bond motifs is 1. The van der Waals surface area contributed by atoms with Gasteiger partial charge < -0.3 is 10.3 Å². The molecule has 4 rings (SSSR count). The summed E-state index contributed by atoms with van der Waals surface area (Å²) in [6.45, 7) is 0.811. The molecular weight excluding hydrogens is 354 g/mol. The highest BCUT2D eigenvalue weighted by Crippen LogP contribution is 2.22. The highest BCUT2D eigenvalue weighted by molar-refractivity contribution is 7.99. The number of nitrogens with two attached hydrogens (primary N) is 1. The molecule has 0 radical (unpaired) electrons. The fourth-order valence-electron chi connectivity index (χ4n) is 2.97. The van der Waals surface area contributed by atoms with Crippen molar-refractivity contribution in [2.45, 2.75) is 24.5 Å². The van der Waals surface area contributed by atoms with E-state index in [1.165, 1.54) is 11.1 Å². The van der Waals surface area contributed by atoms with Crippen molar-refractivity contribution < 1.29 is 0 Å². The molecule has 2 aromatic heterocycles.